The van der Waals surface area contributed by atoms with Crippen LogP contribution in [0.5, 0.6) is 0 Å². The molecule has 1 N–H and O–H groups in total. The molecule has 0 saturated heterocycles. The van der Waals surface area contributed by atoms with Crippen LogP contribution in [0, 0.1) is 0 Å². The van der Waals surface area contributed by atoms with Gasteiger partial charge in [0.1, 0.15) is 5.03 Å². The first kappa shape index (κ1) is 20.6. The number of carbonyl (C=O) groups excluding carboxylic acids is 1. The Morgan fingerprint density at radius 2 is 1.93 bits per heavy atom. The van der Waals surface area contributed by atoms with Gasteiger partial charge in [-0.05, 0) is 42.6 Å². The summed E-state index contributed by atoms with van der Waals surface area (Å²) in [4.78, 5) is 18.3. The van der Waals surface area contributed by atoms with Crippen molar-refractivity contribution >= 4 is 38.8 Å². The normalized spacial score (nSPS) is 12.5. The topological polar surface area (TPSA) is 76.1 Å². The van der Waals surface area contributed by atoms with Crippen LogP contribution in [-0.4, -0.2) is 30.8 Å². The molecule has 0 aliphatic carbocycles. The van der Waals surface area contributed by atoms with Crippen LogP contribution in [0.4, 0.5) is 0 Å². The van der Waals surface area contributed by atoms with E-state index >= 15 is 0 Å². The number of sulfone groups is 1. The van der Waals surface area contributed by atoms with Crippen molar-refractivity contribution in [3.8, 4) is 0 Å². The Morgan fingerprint density at radius 1 is 1.14 bits per heavy atom. The molecule has 0 saturated carbocycles. The Labute approximate surface area is 173 Å². The number of hydrogen-bond donors (Lipinski definition) is 1. The molecule has 0 bridgehead atoms. The predicted molar refractivity (Wildman–Crippen MR) is 114 cm³/mol. The van der Waals surface area contributed by atoms with Crippen molar-refractivity contribution in [3.63, 3.8) is 0 Å². The zero-order valence-electron chi connectivity index (χ0n) is 15.2. The van der Waals surface area contributed by atoms with E-state index in [1.807, 2.05) is 24.4 Å². The molecule has 0 fully saturated rings. The van der Waals surface area contributed by atoms with Gasteiger partial charge in [-0.1, -0.05) is 24.3 Å². The molecule has 5 nitrogen and oxygen atoms in total. The molecule has 1 aromatic carbocycles. The maximum Gasteiger partial charge on any atom is 0.254 e. The van der Waals surface area contributed by atoms with E-state index in [0.717, 1.165) is 4.88 Å². The Morgan fingerprint density at radius 3 is 2.64 bits per heavy atom. The van der Waals surface area contributed by atoms with Crippen LogP contribution in [-0.2, 0) is 9.84 Å². The maximum absolute atomic E-state index is 12.7. The highest BCUT2D eigenvalue weighted by molar-refractivity contribution is 8.00. The number of thiophene rings is 1. The van der Waals surface area contributed by atoms with E-state index in [2.05, 4.69) is 10.3 Å². The monoisotopic (exact) mass is 432 g/mol. The summed E-state index contributed by atoms with van der Waals surface area (Å²) in [5.74, 6) is 0.0716. The molecular formula is C20H20N2O3S3. The molecule has 28 heavy (non-hydrogen) atoms. The molecule has 1 amide bonds. The van der Waals surface area contributed by atoms with Crippen molar-refractivity contribution in [1.29, 1.82) is 0 Å². The minimum atomic E-state index is -3.36. The first-order valence-corrected chi connectivity index (χ1v) is 12.2. The van der Waals surface area contributed by atoms with Crippen LogP contribution < -0.4 is 5.32 Å². The van der Waals surface area contributed by atoms with E-state index in [1.165, 1.54) is 11.8 Å². The van der Waals surface area contributed by atoms with Crippen LogP contribution in [0.2, 0.25) is 0 Å². The third kappa shape index (κ3) is 5.21. The van der Waals surface area contributed by atoms with E-state index in [-0.39, 0.29) is 17.7 Å². The second-order valence-electron chi connectivity index (χ2n) is 6.05. The van der Waals surface area contributed by atoms with Gasteiger partial charge in [0.15, 0.2) is 9.84 Å². The largest absolute Gasteiger partial charge is 0.345 e. The smallest absolute Gasteiger partial charge is 0.254 e. The summed E-state index contributed by atoms with van der Waals surface area (Å²) >= 11 is 2.86. The van der Waals surface area contributed by atoms with Crippen LogP contribution in [0.3, 0.4) is 0 Å². The number of aromatic nitrogens is 1. The van der Waals surface area contributed by atoms with Crippen molar-refractivity contribution in [3.05, 3.63) is 76.6 Å². The summed E-state index contributed by atoms with van der Waals surface area (Å²) in [5.41, 5.74) is 0.452. The minimum Gasteiger partial charge on any atom is -0.345 e. The number of amides is 1. The number of thioether (sulfide) groups is 1. The molecule has 0 radical (unpaired) electrons. The van der Waals surface area contributed by atoms with Crippen molar-refractivity contribution in [2.24, 2.45) is 0 Å². The molecule has 0 aliphatic rings. The molecule has 2 aromatic heterocycles. The minimum absolute atomic E-state index is 0.0229. The lowest BCUT2D eigenvalue weighted by Gasteiger charge is -2.14. The van der Waals surface area contributed by atoms with E-state index in [9.17, 15) is 13.2 Å². The van der Waals surface area contributed by atoms with Crippen molar-refractivity contribution in [2.45, 2.75) is 22.9 Å². The van der Waals surface area contributed by atoms with Crippen LogP contribution in [0.1, 0.15) is 28.2 Å². The second kappa shape index (κ2) is 9.36. The lowest BCUT2D eigenvalue weighted by atomic mass is 10.2. The Balaban J connectivity index is 1.65. The Kier molecular flexibility index (Phi) is 6.88. The summed E-state index contributed by atoms with van der Waals surface area (Å²) in [6.07, 6.45) is 1.60. The van der Waals surface area contributed by atoms with Crippen LogP contribution >= 0.6 is 23.1 Å². The van der Waals surface area contributed by atoms with Gasteiger partial charge in [0.05, 0.1) is 22.3 Å². The number of carbonyl (C=O) groups is 1. The molecular weight excluding hydrogens is 412 g/mol. The van der Waals surface area contributed by atoms with Crippen molar-refractivity contribution in [2.75, 3.05) is 11.5 Å². The zero-order chi connectivity index (χ0) is 20.0. The molecule has 146 valence electrons. The summed E-state index contributed by atoms with van der Waals surface area (Å²) in [6, 6.07) is 15.6. The van der Waals surface area contributed by atoms with E-state index < -0.39 is 9.84 Å². The average Bonchev–Trinajstić information content (AvgIpc) is 3.24. The van der Waals surface area contributed by atoms with Gasteiger partial charge in [0, 0.05) is 16.8 Å². The lowest BCUT2D eigenvalue weighted by Crippen LogP contribution is -2.26. The van der Waals surface area contributed by atoms with E-state index in [4.69, 9.17) is 0 Å². The van der Waals surface area contributed by atoms with Crippen LogP contribution in [0.15, 0.2) is 76.1 Å². The van der Waals surface area contributed by atoms with Gasteiger partial charge < -0.3 is 5.32 Å². The Bertz CT molecular complexity index is 1020. The molecule has 1 atom stereocenters. The number of nitrogens with one attached hydrogen (secondary N) is 1. The highest BCUT2D eigenvalue weighted by Crippen LogP contribution is 2.23. The molecule has 3 aromatic rings. The fourth-order valence-electron chi connectivity index (χ4n) is 2.56. The van der Waals surface area contributed by atoms with E-state index in [1.54, 1.807) is 60.0 Å². The summed E-state index contributed by atoms with van der Waals surface area (Å²) in [5, 5.41) is 5.47. The fraction of sp³-hybridized carbons (Fsp3) is 0.200. The van der Waals surface area contributed by atoms with Gasteiger partial charge in [-0.3, -0.25) is 4.79 Å². The van der Waals surface area contributed by atoms with Crippen LogP contribution in [0.25, 0.3) is 0 Å². The lowest BCUT2D eigenvalue weighted by molar-refractivity contribution is 0.0937. The van der Waals surface area contributed by atoms with Gasteiger partial charge >= 0.3 is 0 Å². The number of hydrogen-bond acceptors (Lipinski definition) is 6. The summed E-state index contributed by atoms with van der Waals surface area (Å²) in [6.45, 7) is 1.93. The quantitative estimate of drug-likeness (QED) is 0.540. The molecule has 3 rings (SSSR count). The van der Waals surface area contributed by atoms with E-state index in [0.29, 0.717) is 21.2 Å². The third-order valence-corrected chi connectivity index (χ3v) is 8.08. The standard InChI is InChI=1S/C20H20N2O3S3/c1-15(18-10-6-12-26-18)22-19(23)17-9-5-11-21-20(17)27-13-14-28(24,25)16-7-3-2-4-8-16/h2-12,15H,13-14H2,1H3,(H,22,23). The second-order valence-corrected chi connectivity index (χ2v) is 10.2. The van der Waals surface area contributed by atoms with Gasteiger partial charge in [0.2, 0.25) is 0 Å². The average molecular weight is 433 g/mol. The number of rotatable bonds is 8. The predicted octanol–water partition coefficient (Wildman–Crippen LogP) is 4.20. The number of benzene rings is 1. The van der Waals surface area contributed by atoms with Gasteiger partial charge in [0.25, 0.3) is 5.91 Å². The first-order chi connectivity index (χ1) is 13.5. The molecule has 0 aliphatic heterocycles. The maximum atomic E-state index is 12.7. The highest BCUT2D eigenvalue weighted by atomic mass is 32.2. The third-order valence-electron chi connectivity index (χ3n) is 4.03. The number of pyridine rings is 1. The fourth-order valence-corrected chi connectivity index (χ4v) is 5.95. The SMILES string of the molecule is CC(NC(=O)c1cccnc1SCCS(=O)(=O)c1ccccc1)c1cccs1. The zero-order valence-corrected chi connectivity index (χ0v) is 17.7. The molecule has 0 spiro atoms. The summed E-state index contributed by atoms with van der Waals surface area (Å²) in [7, 11) is -3.36. The molecule has 1 unspecified atom stereocenters. The van der Waals surface area contributed by atoms with Crippen molar-refractivity contribution in [1.82, 2.24) is 10.3 Å². The molecule has 8 heteroatoms. The Hall–Kier alpha value is -2.16. The molecule has 2 heterocycles. The van der Waals surface area contributed by atoms with Gasteiger partial charge in [-0.25, -0.2) is 13.4 Å². The number of nitrogens with zero attached hydrogens (tertiary/aromatic N) is 1. The highest BCUT2D eigenvalue weighted by Gasteiger charge is 2.18. The first-order valence-electron chi connectivity index (χ1n) is 8.67. The van der Waals surface area contributed by atoms with Gasteiger partial charge in [-0.15, -0.1) is 23.1 Å². The summed E-state index contributed by atoms with van der Waals surface area (Å²) < 4.78 is 24.8. The van der Waals surface area contributed by atoms with Gasteiger partial charge in [-0.2, -0.15) is 0 Å². The van der Waals surface area contributed by atoms with Crippen molar-refractivity contribution < 1.29 is 13.2 Å².